The second-order valence-electron chi connectivity index (χ2n) is 8.60. The minimum atomic E-state index is -1.31. The standard InChI is InChI=1S/C25H31NO12/c1-13(27)32-12-21-22(34-14(2)28)23(35-15(3)29)24(36-16(4)30)25(37-21)33-11-19-10-20(26-38-19)17-6-8-18(31-5)9-7-17/h6-9,19,21-25H,10-12H2,1-5H3/t19-,21-,22+,23-,24-,25+/m0/s1. The van der Waals surface area contributed by atoms with Crippen LogP contribution in [0.15, 0.2) is 29.4 Å². The summed E-state index contributed by atoms with van der Waals surface area (Å²) < 4.78 is 38.2. The molecule has 38 heavy (non-hydrogen) atoms. The molecule has 208 valence electrons. The Hall–Kier alpha value is -3.71. The van der Waals surface area contributed by atoms with E-state index in [1.807, 2.05) is 12.1 Å². The predicted octanol–water partition coefficient (Wildman–Crippen LogP) is 1.29. The van der Waals surface area contributed by atoms with E-state index in [1.54, 1.807) is 19.2 Å². The number of carbonyl (C=O) groups is 4. The molecule has 0 amide bonds. The third-order valence-corrected chi connectivity index (χ3v) is 5.55. The summed E-state index contributed by atoms with van der Waals surface area (Å²) in [5.41, 5.74) is 1.54. The molecule has 1 fully saturated rings. The summed E-state index contributed by atoms with van der Waals surface area (Å²) in [6.07, 6.45) is -6.35. The minimum absolute atomic E-state index is 0.0447. The van der Waals surface area contributed by atoms with E-state index in [9.17, 15) is 19.2 Å². The molecule has 0 N–H and O–H groups in total. The number of methoxy groups -OCH3 is 1. The molecule has 2 aliphatic heterocycles. The highest BCUT2D eigenvalue weighted by Gasteiger charge is 2.53. The molecular formula is C25H31NO12. The molecule has 0 spiro atoms. The zero-order valence-corrected chi connectivity index (χ0v) is 21.7. The number of oxime groups is 1. The molecule has 0 radical (unpaired) electrons. The third-order valence-electron chi connectivity index (χ3n) is 5.55. The van der Waals surface area contributed by atoms with Crippen LogP contribution in [0.5, 0.6) is 5.75 Å². The van der Waals surface area contributed by atoms with Gasteiger partial charge < -0.3 is 38.0 Å². The summed E-state index contributed by atoms with van der Waals surface area (Å²) in [4.78, 5) is 52.6. The zero-order valence-electron chi connectivity index (χ0n) is 21.7. The van der Waals surface area contributed by atoms with E-state index >= 15 is 0 Å². The molecule has 1 aromatic carbocycles. The van der Waals surface area contributed by atoms with E-state index in [-0.39, 0.29) is 13.2 Å². The maximum Gasteiger partial charge on any atom is 0.303 e. The molecule has 2 heterocycles. The van der Waals surface area contributed by atoms with Crippen LogP contribution >= 0.6 is 0 Å². The van der Waals surface area contributed by atoms with E-state index in [2.05, 4.69) is 5.16 Å². The Morgan fingerprint density at radius 1 is 0.842 bits per heavy atom. The molecule has 0 unspecified atom stereocenters. The molecule has 13 nitrogen and oxygen atoms in total. The number of benzene rings is 1. The van der Waals surface area contributed by atoms with Crippen molar-refractivity contribution in [3.63, 3.8) is 0 Å². The highest BCUT2D eigenvalue weighted by molar-refractivity contribution is 6.01. The van der Waals surface area contributed by atoms with Crippen LogP contribution in [-0.2, 0) is 52.4 Å². The van der Waals surface area contributed by atoms with Crippen molar-refractivity contribution < 1.29 is 57.2 Å². The van der Waals surface area contributed by atoms with Gasteiger partial charge in [0.25, 0.3) is 0 Å². The maximum absolute atomic E-state index is 11.9. The Balaban J connectivity index is 1.76. The molecule has 0 saturated carbocycles. The monoisotopic (exact) mass is 537 g/mol. The molecule has 3 rings (SSSR count). The van der Waals surface area contributed by atoms with Crippen molar-refractivity contribution in [2.24, 2.45) is 5.16 Å². The zero-order chi connectivity index (χ0) is 27.8. The van der Waals surface area contributed by atoms with Crippen LogP contribution in [-0.4, -0.2) is 86.7 Å². The van der Waals surface area contributed by atoms with Crippen molar-refractivity contribution in [2.75, 3.05) is 20.3 Å². The number of ether oxygens (including phenoxy) is 7. The summed E-state index contributed by atoms with van der Waals surface area (Å²) in [5, 5.41) is 4.12. The van der Waals surface area contributed by atoms with E-state index in [0.29, 0.717) is 17.9 Å². The number of rotatable bonds is 10. The summed E-state index contributed by atoms with van der Waals surface area (Å²) in [6.45, 7) is 4.25. The molecule has 13 heteroatoms. The van der Waals surface area contributed by atoms with E-state index in [0.717, 1.165) is 26.3 Å². The average molecular weight is 538 g/mol. The summed E-state index contributed by atoms with van der Waals surface area (Å²) in [5.74, 6) is -2.07. The lowest BCUT2D eigenvalue weighted by atomic mass is 9.98. The van der Waals surface area contributed by atoms with Gasteiger partial charge in [-0.25, -0.2) is 0 Å². The van der Waals surface area contributed by atoms with Crippen LogP contribution in [0.25, 0.3) is 0 Å². The van der Waals surface area contributed by atoms with Crippen LogP contribution in [0.1, 0.15) is 39.7 Å². The Labute approximate surface area is 219 Å². The first-order chi connectivity index (χ1) is 18.1. The van der Waals surface area contributed by atoms with Crippen molar-refractivity contribution in [3.05, 3.63) is 29.8 Å². The number of nitrogens with zero attached hydrogens (tertiary/aromatic N) is 1. The smallest absolute Gasteiger partial charge is 0.303 e. The maximum atomic E-state index is 11.9. The fourth-order valence-corrected chi connectivity index (χ4v) is 4.00. The van der Waals surface area contributed by atoms with E-state index < -0.39 is 60.7 Å². The molecule has 1 saturated heterocycles. The second kappa shape index (κ2) is 13.2. The Bertz CT molecular complexity index is 1040. The summed E-state index contributed by atoms with van der Waals surface area (Å²) in [7, 11) is 1.58. The van der Waals surface area contributed by atoms with Gasteiger partial charge in [-0.2, -0.15) is 0 Å². The quantitative estimate of drug-likeness (QED) is 0.312. The van der Waals surface area contributed by atoms with Crippen molar-refractivity contribution in [1.29, 1.82) is 0 Å². The first kappa shape index (κ1) is 28.9. The van der Waals surface area contributed by atoms with Crippen LogP contribution in [0.4, 0.5) is 0 Å². The summed E-state index contributed by atoms with van der Waals surface area (Å²) >= 11 is 0. The molecule has 2 aliphatic rings. The fourth-order valence-electron chi connectivity index (χ4n) is 4.00. The van der Waals surface area contributed by atoms with Crippen LogP contribution in [0, 0.1) is 0 Å². The predicted molar refractivity (Wildman–Crippen MR) is 127 cm³/mol. The lowest BCUT2D eigenvalue weighted by Crippen LogP contribution is -2.63. The number of hydrogen-bond acceptors (Lipinski definition) is 13. The van der Waals surface area contributed by atoms with Crippen LogP contribution in [0.2, 0.25) is 0 Å². The van der Waals surface area contributed by atoms with Gasteiger partial charge >= 0.3 is 23.9 Å². The molecule has 0 aromatic heterocycles. The van der Waals surface area contributed by atoms with Gasteiger partial charge in [0.05, 0.1) is 19.4 Å². The van der Waals surface area contributed by atoms with Gasteiger partial charge in [0, 0.05) is 34.1 Å². The van der Waals surface area contributed by atoms with Crippen LogP contribution in [0.3, 0.4) is 0 Å². The fraction of sp³-hybridized carbons (Fsp3) is 0.560. The first-order valence-electron chi connectivity index (χ1n) is 11.9. The normalized spacial score (nSPS) is 26.4. The van der Waals surface area contributed by atoms with Crippen molar-refractivity contribution in [1.82, 2.24) is 0 Å². The van der Waals surface area contributed by atoms with E-state index in [1.165, 1.54) is 6.92 Å². The van der Waals surface area contributed by atoms with Crippen molar-refractivity contribution in [3.8, 4) is 5.75 Å². The van der Waals surface area contributed by atoms with Crippen LogP contribution < -0.4 is 4.74 Å². The van der Waals surface area contributed by atoms with E-state index in [4.69, 9.17) is 38.0 Å². The second-order valence-corrected chi connectivity index (χ2v) is 8.60. The molecule has 6 atom stereocenters. The average Bonchev–Trinajstić information content (AvgIpc) is 3.33. The molecular weight excluding hydrogens is 506 g/mol. The highest BCUT2D eigenvalue weighted by Crippen LogP contribution is 2.30. The lowest BCUT2D eigenvalue weighted by Gasteiger charge is -2.44. The van der Waals surface area contributed by atoms with Gasteiger partial charge in [-0.1, -0.05) is 5.16 Å². The molecule has 0 bridgehead atoms. The SMILES string of the molecule is COc1ccc(C2=NO[C@H](CO[C@@H]3O[C@@H](COC(C)=O)[C@@H](OC(C)=O)[C@H](OC(C)=O)[C@@H]3OC(C)=O)C2)cc1. The molecule has 1 aromatic rings. The molecule has 0 aliphatic carbocycles. The number of esters is 4. The first-order valence-corrected chi connectivity index (χ1v) is 11.9. The van der Waals surface area contributed by atoms with Crippen molar-refractivity contribution in [2.45, 2.75) is 70.9 Å². The van der Waals surface area contributed by atoms with Gasteiger partial charge in [-0.3, -0.25) is 19.2 Å². The summed E-state index contributed by atoms with van der Waals surface area (Å²) in [6, 6.07) is 7.31. The van der Waals surface area contributed by atoms with Gasteiger partial charge in [0.2, 0.25) is 0 Å². The Morgan fingerprint density at radius 3 is 2.03 bits per heavy atom. The van der Waals surface area contributed by atoms with Gasteiger partial charge in [0.1, 0.15) is 18.5 Å². The van der Waals surface area contributed by atoms with Gasteiger partial charge in [0.15, 0.2) is 30.7 Å². The van der Waals surface area contributed by atoms with Crippen molar-refractivity contribution >= 4 is 29.6 Å². The number of carbonyl (C=O) groups excluding carboxylic acids is 4. The third kappa shape index (κ3) is 7.89. The van der Waals surface area contributed by atoms with Gasteiger partial charge in [-0.05, 0) is 29.8 Å². The lowest BCUT2D eigenvalue weighted by molar-refractivity contribution is -0.311. The Kier molecular flexibility index (Phi) is 10.0. The minimum Gasteiger partial charge on any atom is -0.497 e. The highest BCUT2D eigenvalue weighted by atomic mass is 16.7. The van der Waals surface area contributed by atoms with Gasteiger partial charge in [-0.15, -0.1) is 0 Å². The largest absolute Gasteiger partial charge is 0.497 e. The Morgan fingerprint density at radius 2 is 1.45 bits per heavy atom. The number of hydrogen-bond donors (Lipinski definition) is 0. The topological polar surface area (TPSA) is 154 Å².